The minimum absolute atomic E-state index is 0.0908. The Morgan fingerprint density at radius 1 is 1.12 bits per heavy atom. The van der Waals surface area contributed by atoms with E-state index in [9.17, 15) is 0 Å². The van der Waals surface area contributed by atoms with Crippen molar-refractivity contribution in [2.75, 3.05) is 37.8 Å². The van der Waals surface area contributed by atoms with Gasteiger partial charge in [-0.3, -0.25) is 0 Å². The maximum Gasteiger partial charge on any atom is 0.171 e. The summed E-state index contributed by atoms with van der Waals surface area (Å²) in [6.07, 6.45) is 4.87. The number of hydrogen-bond donors (Lipinski definition) is 0. The molecule has 146 valence electrons. The summed E-state index contributed by atoms with van der Waals surface area (Å²) in [4.78, 5) is 7.37. The molecule has 1 aromatic rings. The van der Waals surface area contributed by atoms with Crippen molar-refractivity contribution in [3.8, 4) is 0 Å². The SMILES string of the molecule is CCCc1nc(N2CCC3(CC2)OCCO3)ccc1CCOC(C)(C)C. The number of piperidine rings is 1. The lowest BCUT2D eigenvalue weighted by Crippen LogP contribution is -2.45. The van der Waals surface area contributed by atoms with Crippen LogP contribution in [0.3, 0.4) is 0 Å². The minimum Gasteiger partial charge on any atom is -0.376 e. The third-order valence-electron chi connectivity index (χ3n) is 5.11. The second-order valence-corrected chi connectivity index (χ2v) is 8.33. The smallest absolute Gasteiger partial charge is 0.171 e. The summed E-state index contributed by atoms with van der Waals surface area (Å²) in [5.41, 5.74) is 2.44. The molecule has 1 spiro atoms. The molecular formula is C21H34N2O3. The van der Waals surface area contributed by atoms with Gasteiger partial charge in [0.15, 0.2) is 5.79 Å². The van der Waals surface area contributed by atoms with Crippen LogP contribution in [0, 0.1) is 0 Å². The minimum atomic E-state index is -0.326. The summed E-state index contributed by atoms with van der Waals surface area (Å²) in [5, 5.41) is 0. The average molecular weight is 363 g/mol. The molecule has 2 fully saturated rings. The Kier molecular flexibility index (Phi) is 6.21. The van der Waals surface area contributed by atoms with E-state index in [2.05, 4.69) is 44.7 Å². The maximum atomic E-state index is 5.90. The van der Waals surface area contributed by atoms with Crippen LogP contribution in [0.5, 0.6) is 0 Å². The van der Waals surface area contributed by atoms with Gasteiger partial charge in [0.05, 0.1) is 25.4 Å². The van der Waals surface area contributed by atoms with Crippen molar-refractivity contribution >= 4 is 5.82 Å². The number of hydrogen-bond acceptors (Lipinski definition) is 5. The van der Waals surface area contributed by atoms with Crippen LogP contribution in [0.4, 0.5) is 5.82 Å². The molecule has 5 nitrogen and oxygen atoms in total. The molecule has 1 aromatic heterocycles. The highest BCUT2D eigenvalue weighted by atomic mass is 16.7. The zero-order valence-corrected chi connectivity index (χ0v) is 16.8. The third kappa shape index (κ3) is 4.96. The molecule has 0 aliphatic carbocycles. The second-order valence-electron chi connectivity index (χ2n) is 8.33. The van der Waals surface area contributed by atoms with E-state index in [4.69, 9.17) is 19.2 Å². The van der Waals surface area contributed by atoms with E-state index >= 15 is 0 Å². The highest BCUT2D eigenvalue weighted by Crippen LogP contribution is 2.33. The van der Waals surface area contributed by atoms with Crippen LogP contribution in [0.1, 0.15) is 58.2 Å². The standard InChI is InChI=1S/C21H34N2O3/c1-5-6-18-17(9-14-24-20(2,3)4)7-8-19(22-18)23-12-10-21(11-13-23)25-15-16-26-21/h7-8H,5-6,9-16H2,1-4H3. The van der Waals surface area contributed by atoms with Crippen molar-refractivity contribution < 1.29 is 14.2 Å². The van der Waals surface area contributed by atoms with Crippen molar-refractivity contribution in [1.29, 1.82) is 0 Å². The van der Waals surface area contributed by atoms with E-state index in [1.165, 1.54) is 11.3 Å². The molecule has 0 radical (unpaired) electrons. The first-order chi connectivity index (χ1) is 12.4. The van der Waals surface area contributed by atoms with Gasteiger partial charge in [-0.25, -0.2) is 4.98 Å². The van der Waals surface area contributed by atoms with E-state index in [1.54, 1.807) is 0 Å². The largest absolute Gasteiger partial charge is 0.376 e. The predicted octanol–water partition coefficient (Wildman–Crippen LogP) is 3.74. The number of aromatic nitrogens is 1. The molecule has 3 heterocycles. The summed E-state index contributed by atoms with van der Waals surface area (Å²) in [6.45, 7) is 12.6. The van der Waals surface area contributed by atoms with Crippen LogP contribution < -0.4 is 4.90 Å². The Morgan fingerprint density at radius 2 is 1.81 bits per heavy atom. The number of anilines is 1. The van der Waals surface area contributed by atoms with Gasteiger partial charge in [0, 0.05) is 31.6 Å². The highest BCUT2D eigenvalue weighted by molar-refractivity contribution is 5.42. The number of aryl methyl sites for hydroxylation is 1. The van der Waals surface area contributed by atoms with Crippen LogP contribution in [-0.2, 0) is 27.1 Å². The molecule has 0 atom stereocenters. The number of nitrogens with zero attached hydrogens (tertiary/aromatic N) is 2. The van der Waals surface area contributed by atoms with E-state index in [1.807, 2.05) is 0 Å². The van der Waals surface area contributed by atoms with E-state index < -0.39 is 0 Å². The molecule has 2 aliphatic heterocycles. The number of rotatable bonds is 6. The van der Waals surface area contributed by atoms with Gasteiger partial charge in [0.25, 0.3) is 0 Å². The van der Waals surface area contributed by atoms with Gasteiger partial charge in [-0.15, -0.1) is 0 Å². The van der Waals surface area contributed by atoms with Crippen molar-refractivity contribution in [2.45, 2.75) is 71.2 Å². The zero-order chi connectivity index (χ0) is 18.6. The van der Waals surface area contributed by atoms with Crippen molar-refractivity contribution in [2.24, 2.45) is 0 Å². The van der Waals surface area contributed by atoms with Crippen molar-refractivity contribution in [3.63, 3.8) is 0 Å². The lowest BCUT2D eigenvalue weighted by Gasteiger charge is -2.38. The quantitative estimate of drug-likeness (QED) is 0.771. The van der Waals surface area contributed by atoms with Crippen molar-refractivity contribution in [3.05, 3.63) is 23.4 Å². The molecule has 0 unspecified atom stereocenters. The normalized spacial score (nSPS) is 20.1. The summed E-state index contributed by atoms with van der Waals surface area (Å²) in [6, 6.07) is 4.41. The molecule has 3 rings (SSSR count). The van der Waals surface area contributed by atoms with E-state index in [0.717, 1.165) is 70.8 Å². The van der Waals surface area contributed by atoms with Crippen LogP contribution in [-0.4, -0.2) is 49.3 Å². The van der Waals surface area contributed by atoms with Crippen LogP contribution in [0.15, 0.2) is 12.1 Å². The Bertz CT molecular complexity index is 581. The summed E-state index contributed by atoms with van der Waals surface area (Å²) >= 11 is 0. The van der Waals surface area contributed by atoms with Gasteiger partial charge < -0.3 is 19.1 Å². The van der Waals surface area contributed by atoms with Gasteiger partial charge in [-0.1, -0.05) is 19.4 Å². The van der Waals surface area contributed by atoms with Gasteiger partial charge in [-0.05, 0) is 45.2 Å². The first kappa shape index (κ1) is 19.6. The molecule has 0 bridgehead atoms. The predicted molar refractivity (Wildman–Crippen MR) is 104 cm³/mol. The van der Waals surface area contributed by atoms with Gasteiger partial charge in [0.2, 0.25) is 0 Å². The fraction of sp³-hybridized carbons (Fsp3) is 0.762. The van der Waals surface area contributed by atoms with Gasteiger partial charge >= 0.3 is 0 Å². The summed E-state index contributed by atoms with van der Waals surface area (Å²) in [7, 11) is 0. The molecule has 0 aromatic carbocycles. The molecule has 26 heavy (non-hydrogen) atoms. The molecule has 5 heteroatoms. The Labute approximate surface area is 158 Å². The molecule has 2 aliphatic rings. The Hall–Kier alpha value is -1.17. The molecule has 2 saturated heterocycles. The average Bonchev–Trinajstić information content (AvgIpc) is 3.04. The molecule has 0 saturated carbocycles. The van der Waals surface area contributed by atoms with Gasteiger partial charge in [0.1, 0.15) is 5.82 Å². The van der Waals surface area contributed by atoms with Crippen LogP contribution >= 0.6 is 0 Å². The topological polar surface area (TPSA) is 43.8 Å². The third-order valence-corrected chi connectivity index (χ3v) is 5.11. The maximum absolute atomic E-state index is 5.90. The summed E-state index contributed by atoms with van der Waals surface area (Å²) < 4.78 is 17.6. The Balaban J connectivity index is 1.64. The first-order valence-electron chi connectivity index (χ1n) is 10.1. The van der Waals surface area contributed by atoms with E-state index in [0.29, 0.717) is 0 Å². The fourth-order valence-electron chi connectivity index (χ4n) is 3.71. The zero-order valence-electron chi connectivity index (χ0n) is 16.8. The fourth-order valence-corrected chi connectivity index (χ4v) is 3.71. The number of ether oxygens (including phenoxy) is 3. The molecule has 0 amide bonds. The first-order valence-corrected chi connectivity index (χ1v) is 10.1. The second kappa shape index (κ2) is 8.24. The highest BCUT2D eigenvalue weighted by Gasteiger charge is 2.40. The summed E-state index contributed by atoms with van der Waals surface area (Å²) in [5.74, 6) is 0.759. The monoisotopic (exact) mass is 362 g/mol. The van der Waals surface area contributed by atoms with Gasteiger partial charge in [-0.2, -0.15) is 0 Å². The van der Waals surface area contributed by atoms with Crippen LogP contribution in [0.2, 0.25) is 0 Å². The molecule has 0 N–H and O–H groups in total. The number of pyridine rings is 1. The lowest BCUT2D eigenvalue weighted by atomic mass is 10.0. The lowest BCUT2D eigenvalue weighted by molar-refractivity contribution is -0.169. The van der Waals surface area contributed by atoms with E-state index in [-0.39, 0.29) is 11.4 Å². The molecular weight excluding hydrogens is 328 g/mol. The van der Waals surface area contributed by atoms with Crippen LogP contribution in [0.25, 0.3) is 0 Å². The Morgan fingerprint density at radius 3 is 2.42 bits per heavy atom. The van der Waals surface area contributed by atoms with Crippen molar-refractivity contribution in [1.82, 2.24) is 4.98 Å².